The summed E-state index contributed by atoms with van der Waals surface area (Å²) >= 11 is 0. The first-order chi connectivity index (χ1) is 8.08. The van der Waals surface area contributed by atoms with Crippen LogP contribution >= 0.6 is 0 Å². The Morgan fingerprint density at radius 1 is 1.53 bits per heavy atom. The second kappa shape index (κ2) is 6.74. The van der Waals surface area contributed by atoms with Gasteiger partial charge in [-0.25, -0.2) is 0 Å². The van der Waals surface area contributed by atoms with Crippen LogP contribution in [0.5, 0.6) is 0 Å². The van der Waals surface area contributed by atoms with Gasteiger partial charge in [-0.05, 0) is 18.9 Å². The van der Waals surface area contributed by atoms with Gasteiger partial charge in [-0.3, -0.25) is 16.0 Å². The molecule has 0 aliphatic heterocycles. The average molecular weight is 240 g/mol. The van der Waals surface area contributed by atoms with Gasteiger partial charge in [-0.2, -0.15) is 5.10 Å². The zero-order chi connectivity index (χ0) is 12.8. The topological polar surface area (TPSA) is 65.1 Å². The van der Waals surface area contributed by atoms with Gasteiger partial charge in [0, 0.05) is 26.3 Å². The number of hydrogen-bond acceptors (Lipinski definition) is 4. The molecule has 0 saturated heterocycles. The summed E-state index contributed by atoms with van der Waals surface area (Å²) in [6, 6.07) is 2.10. The van der Waals surface area contributed by atoms with E-state index in [1.54, 1.807) is 4.68 Å². The van der Waals surface area contributed by atoms with Crippen molar-refractivity contribution in [2.24, 2.45) is 18.8 Å². The number of rotatable bonds is 7. The number of nitrogens with two attached hydrogens (primary N) is 1. The van der Waals surface area contributed by atoms with Crippen molar-refractivity contribution in [1.29, 1.82) is 0 Å². The third kappa shape index (κ3) is 4.11. The quantitative estimate of drug-likeness (QED) is 0.548. The highest BCUT2D eigenvalue weighted by molar-refractivity contribution is 5.02. The number of aromatic nitrogens is 2. The van der Waals surface area contributed by atoms with E-state index in [1.165, 1.54) is 0 Å². The van der Waals surface area contributed by atoms with Crippen LogP contribution in [0.15, 0.2) is 12.3 Å². The van der Waals surface area contributed by atoms with Crippen molar-refractivity contribution >= 4 is 0 Å². The van der Waals surface area contributed by atoms with Crippen LogP contribution in [-0.4, -0.2) is 28.5 Å². The fraction of sp³-hybridized carbons (Fsp3) is 0.750. The van der Waals surface area contributed by atoms with Gasteiger partial charge >= 0.3 is 0 Å². The zero-order valence-electron chi connectivity index (χ0n) is 11.2. The maximum absolute atomic E-state index is 5.76. The maximum Gasteiger partial charge on any atom is 0.0767 e. The molecule has 0 saturated carbocycles. The Bertz CT molecular complexity index is 324. The molecule has 17 heavy (non-hydrogen) atoms. The number of nitrogens with one attached hydrogen (secondary N) is 1. The van der Waals surface area contributed by atoms with E-state index in [9.17, 15) is 0 Å². The molecule has 98 valence electrons. The van der Waals surface area contributed by atoms with Gasteiger partial charge < -0.3 is 4.74 Å². The van der Waals surface area contributed by atoms with Gasteiger partial charge in [-0.15, -0.1) is 0 Å². The largest absolute Gasteiger partial charge is 0.377 e. The number of hydrogen-bond donors (Lipinski definition) is 2. The molecule has 0 fully saturated rings. The first kappa shape index (κ1) is 14.2. The molecule has 5 nitrogen and oxygen atoms in total. The van der Waals surface area contributed by atoms with Gasteiger partial charge in [0.05, 0.1) is 17.8 Å². The lowest BCUT2D eigenvalue weighted by atomic mass is 9.96. The van der Waals surface area contributed by atoms with E-state index in [0.717, 1.165) is 12.1 Å². The number of aryl methyl sites for hydroxylation is 1. The maximum atomic E-state index is 5.76. The number of ether oxygens (including phenoxy) is 1. The molecule has 1 heterocycles. The Morgan fingerprint density at radius 3 is 2.65 bits per heavy atom. The smallest absolute Gasteiger partial charge is 0.0767 e. The lowest BCUT2D eigenvalue weighted by Gasteiger charge is -2.29. The van der Waals surface area contributed by atoms with Crippen molar-refractivity contribution in [2.75, 3.05) is 6.61 Å². The summed E-state index contributed by atoms with van der Waals surface area (Å²) in [6.45, 7) is 6.99. The van der Waals surface area contributed by atoms with Crippen molar-refractivity contribution in [3.63, 3.8) is 0 Å². The SMILES string of the molecule is CCOC(C(C)C)C(Cc1ccn(C)n1)NN. The fourth-order valence-electron chi connectivity index (χ4n) is 2.03. The van der Waals surface area contributed by atoms with Crippen LogP contribution in [0.3, 0.4) is 0 Å². The van der Waals surface area contributed by atoms with E-state index in [2.05, 4.69) is 24.4 Å². The third-order valence-corrected chi connectivity index (χ3v) is 2.82. The summed E-state index contributed by atoms with van der Waals surface area (Å²) in [7, 11) is 1.91. The molecule has 0 radical (unpaired) electrons. The van der Waals surface area contributed by atoms with Gasteiger partial charge in [0.15, 0.2) is 0 Å². The Labute approximate surface area is 103 Å². The minimum atomic E-state index is 0.0878. The molecule has 0 spiro atoms. The highest BCUT2D eigenvalue weighted by Crippen LogP contribution is 2.14. The Morgan fingerprint density at radius 2 is 2.24 bits per heavy atom. The van der Waals surface area contributed by atoms with Crippen LogP contribution < -0.4 is 11.3 Å². The van der Waals surface area contributed by atoms with Gasteiger partial charge in [0.2, 0.25) is 0 Å². The van der Waals surface area contributed by atoms with E-state index in [0.29, 0.717) is 12.5 Å². The predicted octanol–water partition coefficient (Wildman–Crippen LogP) is 0.856. The van der Waals surface area contributed by atoms with Gasteiger partial charge in [-0.1, -0.05) is 13.8 Å². The average Bonchev–Trinajstić information content (AvgIpc) is 2.68. The van der Waals surface area contributed by atoms with Crippen molar-refractivity contribution in [3.05, 3.63) is 18.0 Å². The Hall–Kier alpha value is -0.910. The number of nitrogens with zero attached hydrogens (tertiary/aromatic N) is 2. The van der Waals surface area contributed by atoms with Crippen LogP contribution in [0.1, 0.15) is 26.5 Å². The molecular formula is C12H24N4O. The molecule has 1 aromatic rings. The molecule has 2 atom stereocenters. The first-order valence-electron chi connectivity index (χ1n) is 6.14. The van der Waals surface area contributed by atoms with Crippen molar-refractivity contribution < 1.29 is 4.74 Å². The molecule has 1 rings (SSSR count). The second-order valence-electron chi connectivity index (χ2n) is 4.62. The minimum absolute atomic E-state index is 0.0878. The standard InChI is InChI=1S/C12H24N4O/c1-5-17-12(9(2)3)11(14-13)8-10-6-7-16(4)15-10/h6-7,9,11-12,14H,5,8,13H2,1-4H3. The summed E-state index contributed by atoms with van der Waals surface area (Å²) in [4.78, 5) is 0. The van der Waals surface area contributed by atoms with Crippen molar-refractivity contribution in [3.8, 4) is 0 Å². The lowest BCUT2D eigenvalue weighted by Crippen LogP contribution is -2.49. The monoisotopic (exact) mass is 240 g/mol. The molecule has 3 N–H and O–H groups in total. The summed E-state index contributed by atoms with van der Waals surface area (Å²) in [5.74, 6) is 6.05. The minimum Gasteiger partial charge on any atom is -0.377 e. The van der Waals surface area contributed by atoms with E-state index in [1.807, 2.05) is 26.2 Å². The zero-order valence-corrected chi connectivity index (χ0v) is 11.2. The van der Waals surface area contributed by atoms with Crippen LogP contribution in [0, 0.1) is 5.92 Å². The molecular weight excluding hydrogens is 216 g/mol. The molecule has 0 amide bonds. The molecule has 0 aliphatic rings. The summed E-state index contributed by atoms with van der Waals surface area (Å²) in [6.07, 6.45) is 2.82. The van der Waals surface area contributed by atoms with Gasteiger partial charge in [0.1, 0.15) is 0 Å². The third-order valence-electron chi connectivity index (χ3n) is 2.82. The molecule has 1 aromatic heterocycles. The molecule has 5 heteroatoms. The Balaban J connectivity index is 2.68. The van der Waals surface area contributed by atoms with E-state index >= 15 is 0 Å². The molecule has 0 aromatic carbocycles. The summed E-state index contributed by atoms with van der Waals surface area (Å²) in [5, 5.41) is 4.37. The lowest BCUT2D eigenvalue weighted by molar-refractivity contribution is 0.00332. The van der Waals surface area contributed by atoms with Crippen molar-refractivity contribution in [1.82, 2.24) is 15.2 Å². The van der Waals surface area contributed by atoms with Crippen LogP contribution in [-0.2, 0) is 18.2 Å². The van der Waals surface area contributed by atoms with E-state index < -0.39 is 0 Å². The predicted molar refractivity (Wildman–Crippen MR) is 68.3 cm³/mol. The van der Waals surface area contributed by atoms with Crippen LogP contribution in [0.4, 0.5) is 0 Å². The number of hydrazine groups is 1. The van der Waals surface area contributed by atoms with Crippen LogP contribution in [0.25, 0.3) is 0 Å². The van der Waals surface area contributed by atoms with Crippen molar-refractivity contribution in [2.45, 2.75) is 39.3 Å². The molecule has 0 aliphatic carbocycles. The second-order valence-corrected chi connectivity index (χ2v) is 4.62. The fourth-order valence-corrected chi connectivity index (χ4v) is 2.03. The van der Waals surface area contributed by atoms with E-state index in [4.69, 9.17) is 10.6 Å². The summed E-state index contributed by atoms with van der Waals surface area (Å²) < 4.78 is 7.56. The molecule has 2 unspecified atom stereocenters. The molecule has 0 bridgehead atoms. The summed E-state index contributed by atoms with van der Waals surface area (Å²) in [5.41, 5.74) is 3.88. The van der Waals surface area contributed by atoms with Crippen LogP contribution in [0.2, 0.25) is 0 Å². The highest BCUT2D eigenvalue weighted by Gasteiger charge is 2.24. The van der Waals surface area contributed by atoms with Gasteiger partial charge in [0.25, 0.3) is 0 Å². The normalized spacial score (nSPS) is 15.2. The Kier molecular flexibility index (Phi) is 5.61. The highest BCUT2D eigenvalue weighted by atomic mass is 16.5. The first-order valence-corrected chi connectivity index (χ1v) is 6.14. The van der Waals surface area contributed by atoms with E-state index in [-0.39, 0.29) is 12.1 Å².